The first-order valence-electron chi connectivity index (χ1n) is 7.59. The first-order valence-corrected chi connectivity index (χ1v) is 7.59. The van der Waals surface area contributed by atoms with Crippen molar-refractivity contribution in [3.8, 4) is 5.75 Å². The number of hydrogen-bond acceptors (Lipinski definition) is 3. The zero-order chi connectivity index (χ0) is 14.1. The fraction of sp³-hybridized carbons (Fsp3) is 0.625. The van der Waals surface area contributed by atoms with Gasteiger partial charge in [0.05, 0.1) is 0 Å². The fourth-order valence-electron chi connectivity index (χ4n) is 3.14. The Balaban J connectivity index is 1.50. The Kier molecular flexibility index (Phi) is 3.94. The van der Waals surface area contributed by atoms with E-state index in [1.54, 1.807) is 6.07 Å². The number of phenolic OH excluding ortho intramolecular Hbond substituents is 1. The topological polar surface area (TPSA) is 35.5 Å². The summed E-state index contributed by atoms with van der Waals surface area (Å²) in [6.07, 6.45) is 4.01. The molecule has 1 aliphatic heterocycles. The van der Waals surface area contributed by atoms with E-state index in [4.69, 9.17) is 0 Å². The smallest absolute Gasteiger partial charge is 0.126 e. The highest BCUT2D eigenvalue weighted by molar-refractivity contribution is 5.34. The van der Waals surface area contributed by atoms with Crippen molar-refractivity contribution in [1.29, 1.82) is 0 Å². The molecule has 20 heavy (non-hydrogen) atoms. The quantitative estimate of drug-likeness (QED) is 0.869. The van der Waals surface area contributed by atoms with Crippen LogP contribution in [0.5, 0.6) is 5.75 Å². The Bertz CT molecular complexity index is 476. The van der Waals surface area contributed by atoms with Crippen LogP contribution in [0.25, 0.3) is 0 Å². The minimum absolute atomic E-state index is 0.0380. The van der Waals surface area contributed by atoms with E-state index in [1.165, 1.54) is 44.5 Å². The molecule has 1 aromatic carbocycles. The van der Waals surface area contributed by atoms with Gasteiger partial charge in [-0.15, -0.1) is 0 Å². The van der Waals surface area contributed by atoms with Crippen molar-refractivity contribution in [2.45, 2.75) is 38.3 Å². The van der Waals surface area contributed by atoms with Crippen molar-refractivity contribution >= 4 is 0 Å². The van der Waals surface area contributed by atoms with Crippen LogP contribution in [0.15, 0.2) is 18.2 Å². The molecule has 1 aromatic rings. The maximum atomic E-state index is 13.0. The molecule has 0 amide bonds. The summed E-state index contributed by atoms with van der Waals surface area (Å²) in [7, 11) is 0. The summed E-state index contributed by atoms with van der Waals surface area (Å²) in [6.45, 7) is 5.40. The van der Waals surface area contributed by atoms with Crippen LogP contribution in [0.1, 0.15) is 37.8 Å². The molecule has 1 saturated carbocycles. The summed E-state index contributed by atoms with van der Waals surface area (Å²) in [4.78, 5) is 2.60. The number of benzene rings is 1. The lowest BCUT2D eigenvalue weighted by Crippen LogP contribution is -2.29. The highest BCUT2D eigenvalue weighted by atomic mass is 19.1. The van der Waals surface area contributed by atoms with Crippen LogP contribution in [0.3, 0.4) is 0 Å². The lowest BCUT2D eigenvalue weighted by Gasteiger charge is -2.19. The Morgan fingerprint density at radius 1 is 1.40 bits per heavy atom. The van der Waals surface area contributed by atoms with Crippen LogP contribution in [0, 0.1) is 11.7 Å². The highest BCUT2D eigenvalue weighted by Crippen LogP contribution is 2.32. The van der Waals surface area contributed by atoms with Gasteiger partial charge in [-0.3, -0.25) is 0 Å². The van der Waals surface area contributed by atoms with Crippen molar-refractivity contribution in [2.75, 3.05) is 19.6 Å². The normalized spacial score (nSPS) is 25.0. The second kappa shape index (κ2) is 5.70. The molecule has 2 atom stereocenters. The van der Waals surface area contributed by atoms with Crippen LogP contribution in [0.4, 0.5) is 4.39 Å². The third-order valence-corrected chi connectivity index (χ3v) is 4.55. The Hall–Kier alpha value is -1.13. The second-order valence-electron chi connectivity index (χ2n) is 6.21. The highest BCUT2D eigenvalue weighted by Gasteiger charge is 2.34. The van der Waals surface area contributed by atoms with Crippen molar-refractivity contribution in [3.05, 3.63) is 29.6 Å². The number of hydrogen-bond donors (Lipinski definition) is 2. The molecule has 3 rings (SSSR count). The van der Waals surface area contributed by atoms with Gasteiger partial charge in [-0.2, -0.15) is 0 Å². The first-order chi connectivity index (χ1) is 9.63. The summed E-state index contributed by atoms with van der Waals surface area (Å²) < 4.78 is 13.0. The first kappa shape index (κ1) is 13.8. The van der Waals surface area contributed by atoms with Gasteiger partial charge in [0.1, 0.15) is 11.6 Å². The maximum absolute atomic E-state index is 13.0. The zero-order valence-corrected chi connectivity index (χ0v) is 12.0. The summed E-state index contributed by atoms with van der Waals surface area (Å²) in [6, 6.07) is 5.15. The third kappa shape index (κ3) is 3.13. The second-order valence-corrected chi connectivity index (χ2v) is 6.21. The van der Waals surface area contributed by atoms with Gasteiger partial charge in [-0.25, -0.2) is 4.39 Å². The molecule has 0 aromatic heterocycles. The molecular formula is C16H23FN2O. The predicted molar refractivity (Wildman–Crippen MR) is 77.2 cm³/mol. The molecule has 2 unspecified atom stereocenters. The van der Waals surface area contributed by atoms with Crippen LogP contribution >= 0.6 is 0 Å². The van der Waals surface area contributed by atoms with Gasteiger partial charge in [0, 0.05) is 30.3 Å². The van der Waals surface area contributed by atoms with Crippen molar-refractivity contribution in [1.82, 2.24) is 10.2 Å². The molecule has 2 N–H and O–H groups in total. The van der Waals surface area contributed by atoms with Crippen molar-refractivity contribution < 1.29 is 9.50 Å². The minimum atomic E-state index is -0.394. The van der Waals surface area contributed by atoms with E-state index in [0.717, 1.165) is 18.2 Å². The molecule has 3 nitrogen and oxygen atoms in total. The minimum Gasteiger partial charge on any atom is -0.508 e. The van der Waals surface area contributed by atoms with E-state index in [2.05, 4.69) is 10.2 Å². The Morgan fingerprint density at radius 2 is 2.20 bits per heavy atom. The van der Waals surface area contributed by atoms with Gasteiger partial charge in [0.25, 0.3) is 0 Å². The van der Waals surface area contributed by atoms with E-state index in [1.807, 2.05) is 6.92 Å². The number of likely N-dealkylation sites (tertiary alicyclic amines) is 1. The van der Waals surface area contributed by atoms with Gasteiger partial charge in [0.2, 0.25) is 0 Å². The van der Waals surface area contributed by atoms with Crippen LogP contribution < -0.4 is 5.32 Å². The van der Waals surface area contributed by atoms with Crippen LogP contribution in [-0.4, -0.2) is 35.7 Å². The average molecular weight is 278 g/mol. The molecule has 1 saturated heterocycles. The number of nitrogens with one attached hydrogen (secondary N) is 1. The number of rotatable bonds is 5. The number of aromatic hydroxyl groups is 1. The van der Waals surface area contributed by atoms with E-state index in [9.17, 15) is 9.50 Å². The summed E-state index contributed by atoms with van der Waals surface area (Å²) >= 11 is 0. The maximum Gasteiger partial charge on any atom is 0.126 e. The SMILES string of the molecule is CC(NCC1CCN(C2CC2)C1)c1ccc(F)cc1O. The van der Waals surface area contributed by atoms with E-state index >= 15 is 0 Å². The van der Waals surface area contributed by atoms with Crippen LogP contribution in [-0.2, 0) is 0 Å². The van der Waals surface area contributed by atoms with E-state index in [0.29, 0.717) is 5.92 Å². The lowest BCUT2D eigenvalue weighted by molar-refractivity contribution is 0.309. The van der Waals surface area contributed by atoms with Crippen molar-refractivity contribution in [3.63, 3.8) is 0 Å². The Morgan fingerprint density at radius 3 is 2.90 bits per heavy atom. The summed E-state index contributed by atoms with van der Waals surface area (Å²) in [5.74, 6) is 0.339. The number of phenols is 1. The molecule has 110 valence electrons. The van der Waals surface area contributed by atoms with Gasteiger partial charge in [0.15, 0.2) is 0 Å². The molecular weight excluding hydrogens is 255 g/mol. The monoisotopic (exact) mass is 278 g/mol. The molecule has 2 fully saturated rings. The molecule has 4 heteroatoms. The molecule has 0 radical (unpaired) electrons. The summed E-state index contributed by atoms with van der Waals surface area (Å²) in [5, 5.41) is 13.3. The zero-order valence-electron chi connectivity index (χ0n) is 12.0. The standard InChI is InChI=1S/C16H23FN2O/c1-11(15-5-2-13(17)8-16(15)20)18-9-12-6-7-19(10-12)14-3-4-14/h2,5,8,11-12,14,18,20H,3-4,6-7,9-10H2,1H3. The van der Waals surface area contributed by atoms with Crippen molar-refractivity contribution in [2.24, 2.45) is 5.92 Å². The number of nitrogens with zero attached hydrogens (tertiary/aromatic N) is 1. The van der Waals surface area contributed by atoms with Gasteiger partial charge >= 0.3 is 0 Å². The lowest BCUT2D eigenvalue weighted by atomic mass is 10.0. The Labute approximate surface area is 119 Å². The summed E-state index contributed by atoms with van der Waals surface area (Å²) in [5.41, 5.74) is 0.767. The molecule has 0 spiro atoms. The van der Waals surface area contributed by atoms with Gasteiger partial charge in [-0.1, -0.05) is 6.07 Å². The molecule has 1 heterocycles. The molecule has 1 aliphatic carbocycles. The average Bonchev–Trinajstić information content (AvgIpc) is 3.15. The third-order valence-electron chi connectivity index (χ3n) is 4.55. The van der Waals surface area contributed by atoms with E-state index in [-0.39, 0.29) is 11.8 Å². The van der Waals surface area contributed by atoms with Gasteiger partial charge < -0.3 is 15.3 Å². The molecule has 2 aliphatic rings. The van der Waals surface area contributed by atoms with E-state index < -0.39 is 5.82 Å². The predicted octanol–water partition coefficient (Wildman–Crippen LogP) is 2.67. The molecule has 0 bridgehead atoms. The largest absolute Gasteiger partial charge is 0.508 e. The fourth-order valence-corrected chi connectivity index (χ4v) is 3.14. The number of halogens is 1. The van der Waals surface area contributed by atoms with Gasteiger partial charge in [-0.05, 0) is 51.3 Å². The van der Waals surface area contributed by atoms with Crippen LogP contribution in [0.2, 0.25) is 0 Å².